The summed E-state index contributed by atoms with van der Waals surface area (Å²) in [5, 5.41) is 7.54. The van der Waals surface area contributed by atoms with E-state index in [0.29, 0.717) is 23.0 Å². The van der Waals surface area contributed by atoms with Gasteiger partial charge in [0, 0.05) is 17.6 Å². The highest BCUT2D eigenvalue weighted by molar-refractivity contribution is 6.03. The van der Waals surface area contributed by atoms with Gasteiger partial charge in [-0.1, -0.05) is 30.3 Å². The third-order valence-electron chi connectivity index (χ3n) is 4.00. The minimum absolute atomic E-state index is 0.00963. The van der Waals surface area contributed by atoms with Crippen LogP contribution in [0.15, 0.2) is 53.3 Å². The Morgan fingerprint density at radius 3 is 2.56 bits per heavy atom. The van der Waals surface area contributed by atoms with Crippen molar-refractivity contribution >= 4 is 28.3 Å². The van der Waals surface area contributed by atoms with Crippen molar-refractivity contribution in [1.29, 1.82) is 0 Å². The zero-order valence-electron chi connectivity index (χ0n) is 15.1. The lowest BCUT2D eigenvalue weighted by Crippen LogP contribution is -2.27. The molecule has 0 fully saturated rings. The molecule has 1 aromatic heterocycles. The Morgan fingerprint density at radius 1 is 1.11 bits per heavy atom. The van der Waals surface area contributed by atoms with E-state index in [1.54, 1.807) is 37.3 Å². The predicted octanol–water partition coefficient (Wildman–Crippen LogP) is 2.52. The van der Waals surface area contributed by atoms with Crippen molar-refractivity contribution in [2.45, 2.75) is 20.4 Å². The van der Waals surface area contributed by atoms with Crippen LogP contribution in [0.2, 0.25) is 0 Å². The second-order valence-electron chi connectivity index (χ2n) is 6.01. The van der Waals surface area contributed by atoms with Crippen molar-refractivity contribution in [3.63, 3.8) is 0 Å². The number of amides is 1. The monoisotopic (exact) mass is 365 g/mol. The van der Waals surface area contributed by atoms with Gasteiger partial charge in [-0.25, -0.2) is 9.48 Å². The van der Waals surface area contributed by atoms with Crippen LogP contribution < -0.4 is 10.9 Å². The Kier molecular flexibility index (Phi) is 5.30. The van der Waals surface area contributed by atoms with Crippen LogP contribution in [0.3, 0.4) is 0 Å². The molecule has 3 rings (SSSR count). The fourth-order valence-corrected chi connectivity index (χ4v) is 2.72. The molecule has 7 nitrogen and oxygen atoms in total. The number of anilines is 1. The van der Waals surface area contributed by atoms with E-state index in [1.165, 1.54) is 4.68 Å². The maximum absolute atomic E-state index is 12.5. The van der Waals surface area contributed by atoms with Gasteiger partial charge in [0.05, 0.1) is 5.39 Å². The summed E-state index contributed by atoms with van der Waals surface area (Å²) in [4.78, 5) is 36.8. The molecule has 1 heterocycles. The lowest BCUT2D eigenvalue weighted by Gasteiger charge is -2.10. The molecule has 2 aromatic carbocycles. The molecule has 0 unspecified atom stereocenters. The predicted molar refractivity (Wildman–Crippen MR) is 102 cm³/mol. The highest BCUT2D eigenvalue weighted by Gasteiger charge is 2.18. The van der Waals surface area contributed by atoms with E-state index in [1.807, 2.05) is 25.1 Å². The molecule has 1 N–H and O–H groups in total. The summed E-state index contributed by atoms with van der Waals surface area (Å²) in [5.41, 5.74) is 1.36. The smallest absolute Gasteiger partial charge is 0.359 e. The standard InChI is InChI=1S/C20H19N3O4/c1-3-23-19(25)16-10-5-4-9-15(16)18(22-23)20(26)27-12-17(24)21-14-8-6-7-13(2)11-14/h4-11H,3,12H2,1-2H3,(H,21,24). The number of carbonyl (C=O) groups is 2. The minimum atomic E-state index is -0.757. The summed E-state index contributed by atoms with van der Waals surface area (Å²) >= 11 is 0. The Morgan fingerprint density at radius 2 is 1.85 bits per heavy atom. The molecule has 138 valence electrons. The van der Waals surface area contributed by atoms with Crippen molar-refractivity contribution < 1.29 is 14.3 Å². The zero-order chi connectivity index (χ0) is 19.4. The van der Waals surface area contributed by atoms with Crippen molar-refractivity contribution in [2.75, 3.05) is 11.9 Å². The van der Waals surface area contributed by atoms with Crippen LogP contribution in [0.25, 0.3) is 10.8 Å². The van der Waals surface area contributed by atoms with E-state index in [9.17, 15) is 14.4 Å². The van der Waals surface area contributed by atoms with Gasteiger partial charge in [-0.15, -0.1) is 0 Å². The largest absolute Gasteiger partial charge is 0.451 e. The molecule has 1 amide bonds. The Labute approximate surface area is 155 Å². The van der Waals surface area contributed by atoms with Crippen molar-refractivity contribution in [3.05, 3.63) is 70.1 Å². The molecule has 0 atom stereocenters. The van der Waals surface area contributed by atoms with Crippen molar-refractivity contribution in [1.82, 2.24) is 9.78 Å². The highest BCUT2D eigenvalue weighted by atomic mass is 16.5. The van der Waals surface area contributed by atoms with E-state index < -0.39 is 18.5 Å². The van der Waals surface area contributed by atoms with Gasteiger partial charge >= 0.3 is 5.97 Å². The fraction of sp³-hybridized carbons (Fsp3) is 0.200. The summed E-state index contributed by atoms with van der Waals surface area (Å²) in [5.74, 6) is -1.21. The quantitative estimate of drug-likeness (QED) is 0.702. The number of rotatable bonds is 5. The molecule has 3 aromatic rings. The van der Waals surface area contributed by atoms with E-state index in [4.69, 9.17) is 4.74 Å². The summed E-state index contributed by atoms with van der Waals surface area (Å²) in [7, 11) is 0. The van der Waals surface area contributed by atoms with Gasteiger partial charge in [-0.2, -0.15) is 5.10 Å². The number of nitrogens with zero attached hydrogens (tertiary/aromatic N) is 2. The van der Waals surface area contributed by atoms with Crippen LogP contribution in [-0.2, 0) is 16.1 Å². The number of nitrogens with one attached hydrogen (secondary N) is 1. The van der Waals surface area contributed by atoms with E-state index in [-0.39, 0.29) is 11.3 Å². The molecule has 7 heteroatoms. The van der Waals surface area contributed by atoms with E-state index in [2.05, 4.69) is 10.4 Å². The molecular weight excluding hydrogens is 346 g/mol. The van der Waals surface area contributed by atoms with E-state index >= 15 is 0 Å². The van der Waals surface area contributed by atoms with Gasteiger partial charge in [-0.05, 0) is 37.6 Å². The summed E-state index contributed by atoms with van der Waals surface area (Å²) in [6, 6.07) is 14.0. The topological polar surface area (TPSA) is 90.3 Å². The van der Waals surface area contributed by atoms with Crippen LogP contribution in [0.1, 0.15) is 23.0 Å². The first-order valence-corrected chi connectivity index (χ1v) is 8.53. The molecule has 0 saturated heterocycles. The Hall–Kier alpha value is -3.48. The molecule has 27 heavy (non-hydrogen) atoms. The summed E-state index contributed by atoms with van der Waals surface area (Å²) in [6.45, 7) is 3.54. The van der Waals surface area contributed by atoms with Gasteiger partial charge in [0.2, 0.25) is 0 Å². The molecular formula is C20H19N3O4. The average Bonchev–Trinajstić information content (AvgIpc) is 2.67. The first-order chi connectivity index (χ1) is 13.0. The van der Waals surface area contributed by atoms with Gasteiger partial charge in [0.1, 0.15) is 0 Å². The molecule has 0 radical (unpaired) electrons. The molecule has 0 aliphatic rings. The Bertz CT molecular complexity index is 1070. The number of benzene rings is 2. The number of fused-ring (bicyclic) bond motifs is 1. The SMILES string of the molecule is CCn1nc(C(=O)OCC(=O)Nc2cccc(C)c2)c2ccccc2c1=O. The van der Waals surface area contributed by atoms with E-state index in [0.717, 1.165) is 5.56 Å². The number of esters is 1. The van der Waals surface area contributed by atoms with Gasteiger partial charge in [0.15, 0.2) is 12.3 Å². The van der Waals surface area contributed by atoms with Crippen molar-refractivity contribution in [3.8, 4) is 0 Å². The van der Waals surface area contributed by atoms with Crippen LogP contribution >= 0.6 is 0 Å². The molecule has 0 aliphatic heterocycles. The third kappa shape index (κ3) is 4.03. The number of ether oxygens (including phenoxy) is 1. The zero-order valence-corrected chi connectivity index (χ0v) is 15.1. The normalized spacial score (nSPS) is 10.6. The highest BCUT2D eigenvalue weighted by Crippen LogP contribution is 2.14. The third-order valence-corrected chi connectivity index (χ3v) is 4.00. The van der Waals surface area contributed by atoms with Gasteiger partial charge in [0.25, 0.3) is 11.5 Å². The van der Waals surface area contributed by atoms with Gasteiger partial charge < -0.3 is 10.1 Å². The number of aromatic nitrogens is 2. The van der Waals surface area contributed by atoms with Crippen molar-refractivity contribution in [2.24, 2.45) is 0 Å². The molecule has 0 aliphatic carbocycles. The number of aryl methyl sites for hydroxylation is 2. The number of hydrogen-bond donors (Lipinski definition) is 1. The maximum atomic E-state index is 12.5. The average molecular weight is 365 g/mol. The molecule has 0 saturated carbocycles. The number of hydrogen-bond acceptors (Lipinski definition) is 5. The fourth-order valence-electron chi connectivity index (χ4n) is 2.72. The van der Waals surface area contributed by atoms with Gasteiger partial charge in [-0.3, -0.25) is 9.59 Å². The lowest BCUT2D eigenvalue weighted by molar-refractivity contribution is -0.119. The van der Waals surface area contributed by atoms with Crippen LogP contribution in [0, 0.1) is 6.92 Å². The molecule has 0 spiro atoms. The first kappa shape index (κ1) is 18.3. The second-order valence-corrected chi connectivity index (χ2v) is 6.01. The summed E-state index contributed by atoms with van der Waals surface area (Å²) in [6.07, 6.45) is 0. The van der Waals surface area contributed by atoms with Crippen LogP contribution in [0.5, 0.6) is 0 Å². The summed E-state index contributed by atoms with van der Waals surface area (Å²) < 4.78 is 6.31. The number of carbonyl (C=O) groups excluding carboxylic acids is 2. The maximum Gasteiger partial charge on any atom is 0.359 e. The minimum Gasteiger partial charge on any atom is -0.451 e. The molecule has 0 bridgehead atoms. The lowest BCUT2D eigenvalue weighted by atomic mass is 10.1. The first-order valence-electron chi connectivity index (χ1n) is 8.53. The Balaban J connectivity index is 1.77. The van der Waals surface area contributed by atoms with Crippen LogP contribution in [-0.4, -0.2) is 28.3 Å². The van der Waals surface area contributed by atoms with Crippen LogP contribution in [0.4, 0.5) is 5.69 Å². The second kappa shape index (κ2) is 7.82.